The number of hydrogen-bond acceptors (Lipinski definition) is 6. The third-order valence-corrected chi connectivity index (χ3v) is 5.53. The largest absolute Gasteiger partial charge is 0.507 e. The fraction of sp³-hybridized carbons (Fsp3) is 0.391. The minimum atomic E-state index is -0.745. The van der Waals surface area contributed by atoms with Gasteiger partial charge in [0.15, 0.2) is 0 Å². The Morgan fingerprint density at radius 1 is 1.27 bits per heavy atom. The Morgan fingerprint density at radius 2 is 2.07 bits per heavy atom. The lowest BCUT2D eigenvalue weighted by atomic mass is 9.97. The van der Waals surface area contributed by atoms with Crippen LogP contribution in [0.1, 0.15) is 36.3 Å². The molecule has 0 radical (unpaired) electrons. The van der Waals surface area contributed by atoms with E-state index in [1.165, 1.54) is 11.2 Å². The van der Waals surface area contributed by atoms with E-state index in [4.69, 9.17) is 9.15 Å². The lowest BCUT2D eigenvalue weighted by molar-refractivity contribution is -0.140. The van der Waals surface area contributed by atoms with Gasteiger partial charge in [-0.2, -0.15) is 0 Å². The molecule has 1 aromatic heterocycles. The minimum absolute atomic E-state index is 0.0618. The van der Waals surface area contributed by atoms with Gasteiger partial charge in [0.05, 0.1) is 11.8 Å². The van der Waals surface area contributed by atoms with Crippen LogP contribution in [-0.4, -0.2) is 59.9 Å². The van der Waals surface area contributed by atoms with Crippen molar-refractivity contribution in [1.82, 2.24) is 9.80 Å². The first-order valence-electron chi connectivity index (χ1n) is 10.1. The summed E-state index contributed by atoms with van der Waals surface area (Å²) < 4.78 is 11.3. The summed E-state index contributed by atoms with van der Waals surface area (Å²) in [5.74, 6) is -0.254. The van der Waals surface area contributed by atoms with Gasteiger partial charge >= 0.3 is 0 Å². The molecule has 3 heterocycles. The van der Waals surface area contributed by atoms with Crippen LogP contribution in [0.15, 0.2) is 46.6 Å². The smallest absolute Gasteiger partial charge is 0.295 e. The second-order valence-corrected chi connectivity index (χ2v) is 8.12. The highest BCUT2D eigenvalue weighted by molar-refractivity contribution is 6.46. The number of rotatable bonds is 6. The van der Waals surface area contributed by atoms with Crippen LogP contribution in [0.3, 0.4) is 0 Å². The molecule has 0 spiro atoms. The Bertz CT molecular complexity index is 993. The number of aliphatic hydroxyl groups excluding tert-OH is 1. The topological polar surface area (TPSA) is 83.2 Å². The summed E-state index contributed by atoms with van der Waals surface area (Å²) in [6.07, 6.45) is 3.01. The summed E-state index contributed by atoms with van der Waals surface area (Å²) in [6.45, 7) is 3.15. The number of fused-ring (bicyclic) bond motifs is 1. The summed E-state index contributed by atoms with van der Waals surface area (Å²) in [5, 5.41) is 11.1. The van der Waals surface area contributed by atoms with Gasteiger partial charge < -0.3 is 24.1 Å². The Labute approximate surface area is 175 Å². The van der Waals surface area contributed by atoms with E-state index in [2.05, 4.69) is 0 Å². The number of nitrogens with zero attached hydrogens (tertiary/aromatic N) is 2. The van der Waals surface area contributed by atoms with E-state index in [-0.39, 0.29) is 17.4 Å². The fourth-order valence-electron chi connectivity index (χ4n) is 4.14. The van der Waals surface area contributed by atoms with Gasteiger partial charge in [-0.25, -0.2) is 0 Å². The molecule has 1 saturated heterocycles. The fourth-order valence-corrected chi connectivity index (χ4v) is 4.14. The van der Waals surface area contributed by atoms with Crippen LogP contribution in [0, 0.1) is 0 Å². The number of ether oxygens (including phenoxy) is 1. The van der Waals surface area contributed by atoms with Crippen molar-refractivity contribution in [2.75, 3.05) is 27.2 Å². The van der Waals surface area contributed by atoms with Crippen LogP contribution in [0.4, 0.5) is 0 Å². The van der Waals surface area contributed by atoms with Crippen molar-refractivity contribution in [3.05, 3.63) is 59.1 Å². The van der Waals surface area contributed by atoms with Crippen molar-refractivity contribution in [1.29, 1.82) is 0 Å². The van der Waals surface area contributed by atoms with Crippen molar-refractivity contribution in [2.45, 2.75) is 31.9 Å². The summed E-state index contributed by atoms with van der Waals surface area (Å²) in [4.78, 5) is 29.3. The standard InChI is InChI=1S/C23H26N2O5/c1-14-12-16-13-15(7-8-17(16)30-14)21(26)19-20(18-6-4-11-29-18)25(23(28)22(19)27)10-5-9-24(2)3/h4,6-8,11,13-14,20,26H,5,9-10,12H2,1-3H3/b21-19-. The summed E-state index contributed by atoms with van der Waals surface area (Å²) in [5.41, 5.74) is 1.53. The van der Waals surface area contributed by atoms with Crippen LogP contribution in [0.5, 0.6) is 5.75 Å². The Morgan fingerprint density at radius 3 is 2.77 bits per heavy atom. The van der Waals surface area contributed by atoms with Gasteiger partial charge in [-0.1, -0.05) is 0 Å². The molecular formula is C23H26N2O5. The highest BCUT2D eigenvalue weighted by atomic mass is 16.5. The van der Waals surface area contributed by atoms with Gasteiger partial charge in [0.2, 0.25) is 0 Å². The average Bonchev–Trinajstić information content (AvgIpc) is 3.40. The summed E-state index contributed by atoms with van der Waals surface area (Å²) >= 11 is 0. The predicted octanol–water partition coefficient (Wildman–Crippen LogP) is 2.98. The van der Waals surface area contributed by atoms with Crippen molar-refractivity contribution in [2.24, 2.45) is 0 Å². The van der Waals surface area contributed by atoms with Crippen LogP contribution in [0.25, 0.3) is 5.76 Å². The first-order chi connectivity index (χ1) is 14.4. The number of carbonyl (C=O) groups excluding carboxylic acids is 2. The number of carbonyl (C=O) groups is 2. The number of Topliss-reactive ketones (excluding diaryl/α,β-unsaturated/α-hetero) is 1. The highest BCUT2D eigenvalue weighted by Gasteiger charge is 2.47. The Kier molecular flexibility index (Phi) is 5.39. The molecule has 2 aromatic rings. The molecule has 2 aliphatic rings. The quantitative estimate of drug-likeness (QED) is 0.448. The number of hydrogen-bond donors (Lipinski definition) is 1. The van der Waals surface area contributed by atoms with Crippen molar-refractivity contribution >= 4 is 17.4 Å². The monoisotopic (exact) mass is 410 g/mol. The molecule has 2 unspecified atom stereocenters. The molecule has 1 fully saturated rings. The Hall–Kier alpha value is -3.06. The molecule has 1 N–H and O–H groups in total. The molecule has 0 saturated carbocycles. The molecule has 4 rings (SSSR count). The lowest BCUT2D eigenvalue weighted by Gasteiger charge is -2.24. The van der Waals surface area contributed by atoms with Crippen LogP contribution >= 0.6 is 0 Å². The van der Waals surface area contributed by atoms with E-state index in [0.29, 0.717) is 24.3 Å². The molecule has 7 heteroatoms. The first-order valence-corrected chi connectivity index (χ1v) is 10.1. The van der Waals surface area contributed by atoms with Crippen LogP contribution in [-0.2, 0) is 16.0 Å². The number of aliphatic hydroxyl groups is 1. The molecule has 1 aromatic carbocycles. The zero-order valence-corrected chi connectivity index (χ0v) is 17.4. The maximum absolute atomic E-state index is 12.9. The zero-order valence-electron chi connectivity index (χ0n) is 17.4. The van der Waals surface area contributed by atoms with E-state index < -0.39 is 17.7 Å². The molecule has 1 amide bonds. The van der Waals surface area contributed by atoms with E-state index >= 15 is 0 Å². The Balaban J connectivity index is 1.74. The molecule has 0 bridgehead atoms. The van der Waals surface area contributed by atoms with Gasteiger partial charge in [0.1, 0.15) is 29.4 Å². The number of furan rings is 1. The van der Waals surface area contributed by atoms with Crippen molar-refractivity contribution in [3.63, 3.8) is 0 Å². The predicted molar refractivity (Wildman–Crippen MR) is 111 cm³/mol. The summed E-state index contributed by atoms with van der Waals surface area (Å²) in [6, 6.07) is 8.02. The highest BCUT2D eigenvalue weighted by Crippen LogP contribution is 2.40. The SMILES string of the molecule is CC1Cc2cc(/C(O)=C3/C(=O)C(=O)N(CCCN(C)C)C3c3ccco3)ccc2O1. The third-order valence-electron chi connectivity index (χ3n) is 5.53. The number of amides is 1. The van der Waals surface area contributed by atoms with E-state index in [1.807, 2.05) is 32.0 Å². The summed E-state index contributed by atoms with van der Waals surface area (Å²) in [7, 11) is 3.91. The molecule has 30 heavy (non-hydrogen) atoms. The van der Waals surface area contributed by atoms with Gasteiger partial charge in [0.25, 0.3) is 11.7 Å². The molecular weight excluding hydrogens is 384 g/mol. The second kappa shape index (κ2) is 7.99. The number of likely N-dealkylation sites (tertiary alicyclic amines) is 1. The second-order valence-electron chi connectivity index (χ2n) is 8.12. The first kappa shape index (κ1) is 20.2. The van der Waals surface area contributed by atoms with Crippen LogP contribution in [0.2, 0.25) is 0 Å². The zero-order chi connectivity index (χ0) is 21.4. The van der Waals surface area contributed by atoms with Crippen molar-refractivity contribution in [3.8, 4) is 5.75 Å². The maximum Gasteiger partial charge on any atom is 0.295 e. The van der Waals surface area contributed by atoms with Gasteiger partial charge in [-0.3, -0.25) is 9.59 Å². The van der Waals surface area contributed by atoms with Gasteiger partial charge in [-0.05, 0) is 69.9 Å². The number of ketones is 1. The molecule has 2 atom stereocenters. The lowest BCUT2D eigenvalue weighted by Crippen LogP contribution is -2.32. The number of benzene rings is 1. The average molecular weight is 410 g/mol. The van der Waals surface area contributed by atoms with Gasteiger partial charge in [0, 0.05) is 18.5 Å². The van der Waals surface area contributed by atoms with E-state index in [1.54, 1.807) is 24.3 Å². The van der Waals surface area contributed by atoms with Crippen molar-refractivity contribution < 1.29 is 23.8 Å². The molecule has 158 valence electrons. The maximum atomic E-state index is 12.9. The van der Waals surface area contributed by atoms with E-state index in [0.717, 1.165) is 24.3 Å². The van der Waals surface area contributed by atoms with Gasteiger partial charge in [-0.15, -0.1) is 0 Å². The van der Waals surface area contributed by atoms with E-state index in [9.17, 15) is 14.7 Å². The van der Waals surface area contributed by atoms with Crippen LogP contribution < -0.4 is 4.74 Å². The molecule has 2 aliphatic heterocycles. The third kappa shape index (κ3) is 3.61. The normalized spacial score (nSPS) is 22.6. The molecule has 0 aliphatic carbocycles. The molecule has 7 nitrogen and oxygen atoms in total. The minimum Gasteiger partial charge on any atom is -0.507 e.